The van der Waals surface area contributed by atoms with Crippen molar-refractivity contribution in [3.8, 4) is 11.1 Å². The van der Waals surface area contributed by atoms with Crippen LogP contribution in [-0.2, 0) is 19.1 Å². The van der Waals surface area contributed by atoms with Gasteiger partial charge in [-0.25, -0.2) is 4.79 Å². The normalized spacial score (nSPS) is 16.8. The van der Waals surface area contributed by atoms with Gasteiger partial charge >= 0.3 is 12.1 Å². The van der Waals surface area contributed by atoms with Crippen LogP contribution >= 0.6 is 0 Å². The van der Waals surface area contributed by atoms with E-state index >= 15 is 0 Å². The van der Waals surface area contributed by atoms with Gasteiger partial charge in [-0.15, -0.1) is 0 Å². The lowest BCUT2D eigenvalue weighted by molar-refractivity contribution is -0.147. The van der Waals surface area contributed by atoms with E-state index in [0.29, 0.717) is 13.2 Å². The number of carboxylic acid groups (broad SMARTS) is 1. The van der Waals surface area contributed by atoms with Crippen LogP contribution in [0.15, 0.2) is 48.5 Å². The predicted octanol–water partition coefficient (Wildman–Crippen LogP) is 3.30. The van der Waals surface area contributed by atoms with E-state index in [-0.39, 0.29) is 31.9 Å². The second-order valence-corrected chi connectivity index (χ2v) is 9.52. The fourth-order valence-corrected chi connectivity index (χ4v) is 4.50. The fraction of sp³-hybridized carbons (Fsp3) is 0.423. The highest BCUT2D eigenvalue weighted by Gasteiger charge is 2.43. The minimum atomic E-state index is -1.21. The number of rotatable bonds is 7. The van der Waals surface area contributed by atoms with Gasteiger partial charge in [0.2, 0.25) is 5.91 Å². The molecule has 8 heteroatoms. The third kappa shape index (κ3) is 4.63. The van der Waals surface area contributed by atoms with Crippen molar-refractivity contribution < 1.29 is 29.0 Å². The molecule has 180 valence electrons. The van der Waals surface area contributed by atoms with Gasteiger partial charge in [-0.05, 0) is 36.1 Å². The Kier molecular flexibility index (Phi) is 6.61. The first-order valence-corrected chi connectivity index (χ1v) is 11.5. The van der Waals surface area contributed by atoms with Crippen molar-refractivity contribution in [1.29, 1.82) is 0 Å². The lowest BCUT2D eigenvalue weighted by atomic mass is 9.87. The molecule has 2 amide bonds. The summed E-state index contributed by atoms with van der Waals surface area (Å²) in [5.41, 5.74) is 2.12. The number of nitrogens with one attached hydrogen (secondary N) is 2. The van der Waals surface area contributed by atoms with Gasteiger partial charge in [-0.1, -0.05) is 48.5 Å². The monoisotopic (exact) mass is 466 g/mol. The molecule has 2 aliphatic rings. The van der Waals surface area contributed by atoms with E-state index in [4.69, 9.17) is 9.47 Å². The average Bonchev–Trinajstić information content (AvgIpc) is 3.15. The van der Waals surface area contributed by atoms with Crippen molar-refractivity contribution in [2.45, 2.75) is 38.1 Å². The summed E-state index contributed by atoms with van der Waals surface area (Å²) >= 11 is 0. The maximum atomic E-state index is 13.1. The van der Waals surface area contributed by atoms with Crippen LogP contribution in [-0.4, -0.2) is 55.0 Å². The van der Waals surface area contributed by atoms with Crippen LogP contribution < -0.4 is 10.6 Å². The summed E-state index contributed by atoms with van der Waals surface area (Å²) in [6.45, 7) is 3.76. The molecule has 4 rings (SSSR count). The Bertz CT molecular complexity index is 1040. The zero-order chi connectivity index (χ0) is 24.3. The predicted molar refractivity (Wildman–Crippen MR) is 125 cm³/mol. The molecule has 0 bridgehead atoms. The van der Waals surface area contributed by atoms with E-state index in [0.717, 1.165) is 22.3 Å². The molecule has 0 radical (unpaired) electrons. The highest BCUT2D eigenvalue weighted by Crippen LogP contribution is 2.44. The molecule has 1 aliphatic heterocycles. The number of hydrogen-bond acceptors (Lipinski definition) is 5. The van der Waals surface area contributed by atoms with Gasteiger partial charge < -0.3 is 25.2 Å². The Morgan fingerprint density at radius 1 is 1.03 bits per heavy atom. The number of aliphatic carboxylic acids is 1. The minimum absolute atomic E-state index is 0.0594. The molecule has 1 fully saturated rings. The van der Waals surface area contributed by atoms with Crippen molar-refractivity contribution in [3.63, 3.8) is 0 Å². The van der Waals surface area contributed by atoms with Crippen molar-refractivity contribution in [3.05, 3.63) is 59.7 Å². The maximum Gasteiger partial charge on any atom is 0.408 e. The molecular weight excluding hydrogens is 436 g/mol. The highest BCUT2D eigenvalue weighted by atomic mass is 16.5. The number of benzene rings is 2. The second kappa shape index (κ2) is 9.46. The number of carbonyl (C=O) groups is 3. The van der Waals surface area contributed by atoms with E-state index in [2.05, 4.69) is 22.8 Å². The molecule has 0 aromatic heterocycles. The smallest absolute Gasteiger partial charge is 0.408 e. The summed E-state index contributed by atoms with van der Waals surface area (Å²) < 4.78 is 11.0. The molecule has 0 saturated carbocycles. The first-order valence-electron chi connectivity index (χ1n) is 11.5. The third-order valence-corrected chi connectivity index (χ3v) is 6.74. The van der Waals surface area contributed by atoms with Crippen LogP contribution in [0.25, 0.3) is 11.1 Å². The molecule has 0 atom stereocenters. The first-order chi connectivity index (χ1) is 16.2. The molecule has 1 heterocycles. The largest absolute Gasteiger partial charge is 0.481 e. The zero-order valence-electron chi connectivity index (χ0n) is 19.4. The van der Waals surface area contributed by atoms with Crippen molar-refractivity contribution in [1.82, 2.24) is 10.6 Å². The van der Waals surface area contributed by atoms with Crippen molar-refractivity contribution >= 4 is 18.0 Å². The molecule has 2 aromatic rings. The van der Waals surface area contributed by atoms with Crippen LogP contribution in [0.4, 0.5) is 4.79 Å². The van der Waals surface area contributed by atoms with Gasteiger partial charge in [0.1, 0.15) is 12.1 Å². The summed E-state index contributed by atoms with van der Waals surface area (Å²) in [4.78, 5) is 37.3. The molecule has 1 saturated heterocycles. The summed E-state index contributed by atoms with van der Waals surface area (Å²) in [6, 6.07) is 16.1. The van der Waals surface area contributed by atoms with Crippen molar-refractivity contribution in [2.75, 3.05) is 26.4 Å². The molecule has 1 aliphatic carbocycles. The van der Waals surface area contributed by atoms with Crippen molar-refractivity contribution in [2.24, 2.45) is 5.41 Å². The number of alkyl carbamates (subject to hydrolysis) is 1. The Labute approximate surface area is 198 Å². The van der Waals surface area contributed by atoms with E-state index in [1.807, 2.05) is 36.4 Å². The van der Waals surface area contributed by atoms with Crippen LogP contribution in [0.1, 0.15) is 43.7 Å². The van der Waals surface area contributed by atoms with Crippen LogP contribution in [0.3, 0.4) is 0 Å². The number of amides is 2. The highest BCUT2D eigenvalue weighted by molar-refractivity contribution is 5.90. The van der Waals surface area contributed by atoms with Gasteiger partial charge in [0, 0.05) is 38.5 Å². The molecule has 34 heavy (non-hydrogen) atoms. The number of carbonyl (C=O) groups excluding carboxylic acids is 2. The minimum Gasteiger partial charge on any atom is -0.481 e. The lowest BCUT2D eigenvalue weighted by Gasteiger charge is -2.36. The first kappa shape index (κ1) is 23.8. The quantitative estimate of drug-likeness (QED) is 0.577. The zero-order valence-corrected chi connectivity index (χ0v) is 19.4. The molecule has 0 spiro atoms. The average molecular weight is 467 g/mol. The molecule has 0 unspecified atom stereocenters. The van der Waals surface area contributed by atoms with E-state index in [1.165, 1.54) is 13.8 Å². The Morgan fingerprint density at radius 2 is 1.59 bits per heavy atom. The number of fused-ring (bicyclic) bond motifs is 3. The van der Waals surface area contributed by atoms with Crippen LogP contribution in [0.2, 0.25) is 0 Å². The number of carboxylic acids is 1. The van der Waals surface area contributed by atoms with E-state index in [1.54, 1.807) is 0 Å². The van der Waals surface area contributed by atoms with Gasteiger partial charge in [0.25, 0.3) is 0 Å². The molecular formula is C26H30N2O6. The summed E-state index contributed by atoms with van der Waals surface area (Å²) in [5, 5.41) is 14.8. The van der Waals surface area contributed by atoms with E-state index < -0.39 is 28.9 Å². The summed E-state index contributed by atoms with van der Waals surface area (Å²) in [5.74, 6) is -1.54. The third-order valence-electron chi connectivity index (χ3n) is 6.74. The Balaban J connectivity index is 1.44. The van der Waals surface area contributed by atoms with E-state index in [9.17, 15) is 19.5 Å². The SMILES string of the molecule is CC(C)(CNC(=O)C1(NC(=O)OCC2c3ccccc3-c3ccccc32)CCOCC1)C(=O)O. The Hall–Kier alpha value is -3.39. The van der Waals surface area contributed by atoms with Crippen LogP contribution in [0.5, 0.6) is 0 Å². The van der Waals surface area contributed by atoms with Gasteiger partial charge in [0.05, 0.1) is 5.41 Å². The Morgan fingerprint density at radius 3 is 2.15 bits per heavy atom. The van der Waals surface area contributed by atoms with Gasteiger partial charge in [0.15, 0.2) is 0 Å². The molecule has 3 N–H and O–H groups in total. The second-order valence-electron chi connectivity index (χ2n) is 9.52. The summed E-state index contributed by atoms with van der Waals surface area (Å²) in [6.07, 6.45) is -0.135. The van der Waals surface area contributed by atoms with Gasteiger partial charge in [-0.3, -0.25) is 9.59 Å². The maximum absolute atomic E-state index is 13.1. The van der Waals surface area contributed by atoms with Crippen LogP contribution in [0, 0.1) is 5.41 Å². The van der Waals surface area contributed by atoms with Gasteiger partial charge in [-0.2, -0.15) is 0 Å². The summed E-state index contributed by atoms with van der Waals surface area (Å²) in [7, 11) is 0. The standard InChI is InChI=1S/C26H30N2O6/c1-25(2,23(30)31)16-27-22(29)26(11-13-33-14-12-26)28-24(32)34-15-21-19-9-5-3-7-17(19)18-8-4-6-10-20(18)21/h3-10,21H,11-16H2,1-2H3,(H,27,29)(H,28,32)(H,30,31). The number of hydrogen-bond donors (Lipinski definition) is 3. The lowest BCUT2D eigenvalue weighted by Crippen LogP contribution is -2.62. The number of ether oxygens (including phenoxy) is 2. The fourth-order valence-electron chi connectivity index (χ4n) is 4.50. The molecule has 2 aromatic carbocycles. The topological polar surface area (TPSA) is 114 Å². The molecule has 8 nitrogen and oxygen atoms in total.